The molecule has 3 aromatic rings. The van der Waals surface area contributed by atoms with E-state index in [-0.39, 0.29) is 0 Å². The zero-order valence-corrected chi connectivity index (χ0v) is 13.0. The van der Waals surface area contributed by atoms with Crippen LogP contribution < -0.4 is 5.32 Å². The molecule has 0 fully saturated rings. The minimum Gasteiger partial charge on any atom is -0.387 e. The predicted octanol–water partition coefficient (Wildman–Crippen LogP) is 2.89. The summed E-state index contributed by atoms with van der Waals surface area (Å²) in [4.78, 5) is 8.52. The first kappa shape index (κ1) is 15.2. The number of aryl methyl sites for hydroxylation is 2. The normalized spacial score (nSPS) is 12.1. The highest BCUT2D eigenvalue weighted by Gasteiger charge is 2.14. The van der Waals surface area contributed by atoms with E-state index in [0.29, 0.717) is 29.6 Å². The number of benzene rings is 1. The molecule has 1 atom stereocenters. The number of nitrogens with zero attached hydrogens (tertiary/aromatic N) is 3. The Bertz CT molecular complexity index is 801. The predicted molar refractivity (Wildman–Crippen MR) is 86.9 cm³/mol. The molecule has 6 nitrogen and oxygen atoms in total. The number of hydrogen-bond acceptors (Lipinski definition) is 6. The maximum atomic E-state index is 10.3. The van der Waals surface area contributed by atoms with Crippen LogP contribution in [-0.4, -0.2) is 26.8 Å². The summed E-state index contributed by atoms with van der Waals surface area (Å²) in [5, 5.41) is 17.3. The monoisotopic (exact) mass is 310 g/mol. The third-order valence-electron chi connectivity index (χ3n) is 3.46. The second-order valence-electron chi connectivity index (χ2n) is 5.36. The lowest BCUT2D eigenvalue weighted by Gasteiger charge is -2.14. The van der Waals surface area contributed by atoms with Gasteiger partial charge in [0.25, 0.3) is 5.89 Å². The molecule has 1 aromatic carbocycles. The maximum Gasteiger partial charge on any atom is 0.261 e. The van der Waals surface area contributed by atoms with Crippen LogP contribution in [0.25, 0.3) is 11.5 Å². The summed E-state index contributed by atoms with van der Waals surface area (Å²) < 4.78 is 5.19. The first-order valence-electron chi connectivity index (χ1n) is 7.37. The number of rotatable bonds is 5. The SMILES string of the molecule is Cc1cccc(C(O)CNc2ncccc2-c2nc(C)no2)c1. The van der Waals surface area contributed by atoms with Crippen molar-refractivity contribution in [3.8, 4) is 11.5 Å². The Morgan fingerprint density at radius 1 is 1.22 bits per heavy atom. The quantitative estimate of drug-likeness (QED) is 0.754. The first-order valence-corrected chi connectivity index (χ1v) is 7.37. The van der Waals surface area contributed by atoms with Gasteiger partial charge in [0.15, 0.2) is 5.82 Å². The molecule has 2 N–H and O–H groups in total. The van der Waals surface area contributed by atoms with Crippen LogP contribution in [0.3, 0.4) is 0 Å². The molecule has 0 aliphatic carbocycles. The van der Waals surface area contributed by atoms with E-state index in [1.165, 1.54) is 0 Å². The average Bonchev–Trinajstić information content (AvgIpc) is 2.99. The second kappa shape index (κ2) is 6.58. The van der Waals surface area contributed by atoms with Crippen molar-refractivity contribution in [3.05, 3.63) is 59.5 Å². The molecule has 1 unspecified atom stereocenters. The third-order valence-corrected chi connectivity index (χ3v) is 3.46. The van der Waals surface area contributed by atoms with Crippen molar-refractivity contribution < 1.29 is 9.63 Å². The molecule has 6 heteroatoms. The molecule has 0 bridgehead atoms. The van der Waals surface area contributed by atoms with Gasteiger partial charge in [-0.25, -0.2) is 4.98 Å². The fourth-order valence-corrected chi connectivity index (χ4v) is 2.31. The van der Waals surface area contributed by atoms with Crippen molar-refractivity contribution in [2.75, 3.05) is 11.9 Å². The Morgan fingerprint density at radius 2 is 2.09 bits per heavy atom. The molecule has 0 saturated carbocycles. The number of anilines is 1. The van der Waals surface area contributed by atoms with Crippen molar-refractivity contribution in [2.24, 2.45) is 0 Å². The molecule has 2 heterocycles. The molecule has 0 aliphatic heterocycles. The van der Waals surface area contributed by atoms with Gasteiger partial charge in [-0.05, 0) is 31.5 Å². The summed E-state index contributed by atoms with van der Waals surface area (Å²) >= 11 is 0. The molecular formula is C17H18N4O2. The highest BCUT2D eigenvalue weighted by Crippen LogP contribution is 2.25. The standard InChI is InChI=1S/C17H18N4O2/c1-11-5-3-6-13(9-11)15(22)10-19-16-14(7-4-8-18-16)17-20-12(2)21-23-17/h3-9,15,22H,10H2,1-2H3,(H,18,19). The first-order chi connectivity index (χ1) is 11.1. The summed E-state index contributed by atoms with van der Waals surface area (Å²) in [6.45, 7) is 4.09. The Kier molecular flexibility index (Phi) is 4.34. The minimum atomic E-state index is -0.630. The summed E-state index contributed by atoms with van der Waals surface area (Å²) in [5.74, 6) is 1.57. The lowest BCUT2D eigenvalue weighted by molar-refractivity contribution is 0.191. The number of aliphatic hydroxyl groups excluding tert-OH is 1. The molecule has 0 aliphatic rings. The van der Waals surface area contributed by atoms with Crippen LogP contribution in [-0.2, 0) is 0 Å². The molecule has 0 amide bonds. The third kappa shape index (κ3) is 3.54. The molecule has 23 heavy (non-hydrogen) atoms. The van der Waals surface area contributed by atoms with E-state index in [1.54, 1.807) is 19.2 Å². The van der Waals surface area contributed by atoms with E-state index < -0.39 is 6.10 Å². The fourth-order valence-electron chi connectivity index (χ4n) is 2.31. The van der Waals surface area contributed by atoms with E-state index in [9.17, 15) is 5.11 Å². The second-order valence-corrected chi connectivity index (χ2v) is 5.36. The van der Waals surface area contributed by atoms with Crippen LogP contribution in [0, 0.1) is 13.8 Å². The molecule has 3 rings (SSSR count). The number of hydrogen-bond donors (Lipinski definition) is 2. The van der Waals surface area contributed by atoms with E-state index in [1.807, 2.05) is 37.3 Å². The summed E-state index contributed by atoms with van der Waals surface area (Å²) in [6, 6.07) is 11.4. The zero-order chi connectivity index (χ0) is 16.2. The van der Waals surface area contributed by atoms with Gasteiger partial charge < -0.3 is 14.9 Å². The minimum absolute atomic E-state index is 0.334. The number of aliphatic hydroxyl groups is 1. The Hall–Kier alpha value is -2.73. The van der Waals surface area contributed by atoms with Gasteiger partial charge in [0.2, 0.25) is 0 Å². The van der Waals surface area contributed by atoms with Gasteiger partial charge in [0.05, 0.1) is 11.7 Å². The van der Waals surface area contributed by atoms with Crippen molar-refractivity contribution in [1.82, 2.24) is 15.1 Å². The van der Waals surface area contributed by atoms with Crippen LogP contribution in [0.2, 0.25) is 0 Å². The average molecular weight is 310 g/mol. The van der Waals surface area contributed by atoms with Crippen LogP contribution in [0.1, 0.15) is 23.1 Å². The van der Waals surface area contributed by atoms with E-state index in [2.05, 4.69) is 20.4 Å². The van der Waals surface area contributed by atoms with Crippen LogP contribution >= 0.6 is 0 Å². The Labute approximate surface area is 134 Å². The Morgan fingerprint density at radius 3 is 2.83 bits per heavy atom. The van der Waals surface area contributed by atoms with Gasteiger partial charge >= 0.3 is 0 Å². The van der Waals surface area contributed by atoms with E-state index in [0.717, 1.165) is 11.1 Å². The molecule has 2 aromatic heterocycles. The van der Waals surface area contributed by atoms with Gasteiger partial charge in [-0.2, -0.15) is 4.98 Å². The van der Waals surface area contributed by atoms with E-state index >= 15 is 0 Å². The smallest absolute Gasteiger partial charge is 0.261 e. The van der Waals surface area contributed by atoms with Crippen LogP contribution in [0.15, 0.2) is 47.1 Å². The lowest BCUT2D eigenvalue weighted by Crippen LogP contribution is -2.13. The summed E-state index contributed by atoms with van der Waals surface area (Å²) in [7, 11) is 0. The van der Waals surface area contributed by atoms with Gasteiger partial charge in [-0.15, -0.1) is 0 Å². The lowest BCUT2D eigenvalue weighted by atomic mass is 10.1. The largest absolute Gasteiger partial charge is 0.387 e. The number of pyridine rings is 1. The molecular weight excluding hydrogens is 292 g/mol. The van der Waals surface area contributed by atoms with Crippen LogP contribution in [0.5, 0.6) is 0 Å². The summed E-state index contributed by atoms with van der Waals surface area (Å²) in [5.41, 5.74) is 2.69. The summed E-state index contributed by atoms with van der Waals surface area (Å²) in [6.07, 6.45) is 1.04. The van der Waals surface area contributed by atoms with Crippen molar-refractivity contribution in [1.29, 1.82) is 0 Å². The fraction of sp³-hybridized carbons (Fsp3) is 0.235. The van der Waals surface area contributed by atoms with Gasteiger partial charge in [0.1, 0.15) is 5.82 Å². The molecule has 0 saturated heterocycles. The zero-order valence-electron chi connectivity index (χ0n) is 13.0. The van der Waals surface area contributed by atoms with Crippen LogP contribution in [0.4, 0.5) is 5.82 Å². The number of aromatic nitrogens is 3. The maximum absolute atomic E-state index is 10.3. The van der Waals surface area contributed by atoms with Gasteiger partial charge in [0, 0.05) is 12.7 Å². The van der Waals surface area contributed by atoms with Crippen molar-refractivity contribution >= 4 is 5.82 Å². The highest BCUT2D eigenvalue weighted by molar-refractivity contribution is 5.68. The Balaban J connectivity index is 1.76. The topological polar surface area (TPSA) is 84.1 Å². The van der Waals surface area contributed by atoms with E-state index in [4.69, 9.17) is 4.52 Å². The molecule has 0 spiro atoms. The van der Waals surface area contributed by atoms with Crippen molar-refractivity contribution in [2.45, 2.75) is 20.0 Å². The molecule has 118 valence electrons. The van der Waals surface area contributed by atoms with Crippen molar-refractivity contribution in [3.63, 3.8) is 0 Å². The van der Waals surface area contributed by atoms with Gasteiger partial charge in [-0.3, -0.25) is 0 Å². The highest BCUT2D eigenvalue weighted by atomic mass is 16.5. The van der Waals surface area contributed by atoms with Gasteiger partial charge in [-0.1, -0.05) is 35.0 Å². The number of nitrogens with one attached hydrogen (secondary N) is 1. The molecule has 0 radical (unpaired) electrons.